The lowest BCUT2D eigenvalue weighted by Gasteiger charge is -2.28. The normalized spacial score (nSPS) is 16.7. The van der Waals surface area contributed by atoms with Crippen LogP contribution in [0.15, 0.2) is 23.2 Å². The summed E-state index contributed by atoms with van der Waals surface area (Å²) in [6.45, 7) is 9.24. The summed E-state index contributed by atoms with van der Waals surface area (Å²) < 4.78 is 5.40. The van der Waals surface area contributed by atoms with E-state index < -0.39 is 0 Å². The number of aryl methyl sites for hydroxylation is 1. The van der Waals surface area contributed by atoms with E-state index in [1.165, 1.54) is 37.1 Å². The second-order valence-corrected chi connectivity index (χ2v) is 6.95. The van der Waals surface area contributed by atoms with E-state index in [1.807, 2.05) is 0 Å². The Balaban J connectivity index is 1.81. The molecule has 1 heterocycles. The van der Waals surface area contributed by atoms with Crippen molar-refractivity contribution < 1.29 is 4.74 Å². The minimum atomic E-state index is 0.716. The zero-order valence-corrected chi connectivity index (χ0v) is 16.3. The quantitative estimate of drug-likeness (QED) is 0.588. The molecule has 1 aliphatic rings. The number of nitrogens with one attached hydrogen (secondary N) is 2. The van der Waals surface area contributed by atoms with E-state index in [-0.39, 0.29) is 0 Å². The topological polar surface area (TPSA) is 48.9 Å². The number of methoxy groups -OCH3 is 1. The van der Waals surface area contributed by atoms with Crippen molar-refractivity contribution in [3.63, 3.8) is 0 Å². The molecule has 0 radical (unpaired) electrons. The number of rotatable bonds is 7. The Hall–Kier alpha value is -1.75. The van der Waals surface area contributed by atoms with Crippen LogP contribution in [0.3, 0.4) is 0 Å². The molecule has 5 nitrogen and oxygen atoms in total. The van der Waals surface area contributed by atoms with Gasteiger partial charge in [-0.2, -0.15) is 0 Å². The van der Waals surface area contributed by atoms with E-state index in [9.17, 15) is 0 Å². The molecule has 0 atom stereocenters. The van der Waals surface area contributed by atoms with Gasteiger partial charge in [0.1, 0.15) is 5.75 Å². The summed E-state index contributed by atoms with van der Waals surface area (Å²) in [7, 11) is 3.93. The molecular weight excluding hydrogens is 312 g/mol. The van der Waals surface area contributed by atoms with Crippen LogP contribution in [0.2, 0.25) is 0 Å². The van der Waals surface area contributed by atoms with Crippen molar-refractivity contribution in [2.24, 2.45) is 10.9 Å². The lowest BCUT2D eigenvalue weighted by molar-refractivity contribution is 0.223. The van der Waals surface area contributed by atoms with Gasteiger partial charge in [0.25, 0.3) is 0 Å². The van der Waals surface area contributed by atoms with Gasteiger partial charge in [0.05, 0.1) is 7.11 Å². The number of piperidine rings is 1. The molecule has 0 bridgehead atoms. The highest BCUT2D eigenvalue weighted by Crippen LogP contribution is 2.19. The van der Waals surface area contributed by atoms with Crippen molar-refractivity contribution in [3.8, 4) is 5.75 Å². The van der Waals surface area contributed by atoms with Gasteiger partial charge < -0.3 is 20.3 Å². The molecule has 0 aliphatic carbocycles. The highest BCUT2D eigenvalue weighted by atomic mass is 16.5. The van der Waals surface area contributed by atoms with E-state index in [2.05, 4.69) is 54.6 Å². The highest BCUT2D eigenvalue weighted by Gasteiger charge is 2.16. The fraction of sp³-hybridized carbons (Fsp3) is 0.650. The van der Waals surface area contributed by atoms with E-state index >= 15 is 0 Å². The molecule has 25 heavy (non-hydrogen) atoms. The number of ether oxygens (including phenoxy) is 1. The molecule has 0 spiro atoms. The zero-order valence-electron chi connectivity index (χ0n) is 16.3. The molecule has 0 amide bonds. The summed E-state index contributed by atoms with van der Waals surface area (Å²) in [4.78, 5) is 7.19. The Morgan fingerprint density at radius 2 is 2.04 bits per heavy atom. The maximum atomic E-state index is 5.40. The molecule has 0 saturated carbocycles. The molecule has 1 aromatic rings. The Morgan fingerprint density at radius 1 is 1.28 bits per heavy atom. The van der Waals surface area contributed by atoms with Gasteiger partial charge in [-0.1, -0.05) is 12.1 Å². The second kappa shape index (κ2) is 10.3. The van der Waals surface area contributed by atoms with Gasteiger partial charge in [-0.15, -0.1) is 0 Å². The summed E-state index contributed by atoms with van der Waals surface area (Å²) in [5.41, 5.74) is 2.45. The minimum absolute atomic E-state index is 0.716. The van der Waals surface area contributed by atoms with Gasteiger partial charge in [-0.05, 0) is 76.4 Å². The lowest BCUT2D eigenvalue weighted by atomic mass is 9.97. The molecule has 140 valence electrons. The van der Waals surface area contributed by atoms with E-state index in [1.54, 1.807) is 7.11 Å². The Bertz CT molecular complexity index is 551. The molecule has 2 rings (SSSR count). The average Bonchev–Trinajstić information content (AvgIpc) is 2.62. The van der Waals surface area contributed by atoms with Gasteiger partial charge in [0.2, 0.25) is 0 Å². The third kappa shape index (κ3) is 6.58. The third-order valence-corrected chi connectivity index (χ3v) is 4.87. The Morgan fingerprint density at radius 3 is 2.72 bits per heavy atom. The van der Waals surface area contributed by atoms with Crippen LogP contribution in [0.1, 0.15) is 30.9 Å². The predicted octanol–water partition coefficient (Wildman–Crippen LogP) is 2.44. The van der Waals surface area contributed by atoms with Crippen molar-refractivity contribution in [2.45, 2.75) is 33.1 Å². The molecule has 1 aliphatic heterocycles. The number of hydrogen-bond donors (Lipinski definition) is 2. The van der Waals surface area contributed by atoms with Crippen LogP contribution in [-0.2, 0) is 6.42 Å². The molecule has 5 heteroatoms. The number of hydrogen-bond acceptors (Lipinski definition) is 3. The number of likely N-dealkylation sites (tertiary alicyclic amines) is 1. The first-order valence-electron chi connectivity index (χ1n) is 9.46. The molecule has 1 aromatic carbocycles. The monoisotopic (exact) mass is 346 g/mol. The molecule has 2 N–H and O–H groups in total. The van der Waals surface area contributed by atoms with Crippen LogP contribution in [-0.4, -0.2) is 57.7 Å². The smallest absolute Gasteiger partial charge is 0.191 e. The second-order valence-electron chi connectivity index (χ2n) is 6.95. The first-order valence-corrected chi connectivity index (χ1v) is 9.46. The van der Waals surface area contributed by atoms with Crippen LogP contribution in [0.4, 0.5) is 0 Å². The first kappa shape index (κ1) is 19.6. The van der Waals surface area contributed by atoms with Gasteiger partial charge in [-0.3, -0.25) is 4.99 Å². The molecular formula is C20H34N4O. The highest BCUT2D eigenvalue weighted by molar-refractivity contribution is 5.79. The number of guanidine groups is 1. The van der Waals surface area contributed by atoms with Crippen LogP contribution in [0.5, 0.6) is 5.75 Å². The van der Waals surface area contributed by atoms with Crippen molar-refractivity contribution in [1.82, 2.24) is 15.5 Å². The predicted molar refractivity (Wildman–Crippen MR) is 106 cm³/mol. The Kier molecular flexibility index (Phi) is 8.06. The Labute approximate surface area is 152 Å². The van der Waals surface area contributed by atoms with Crippen LogP contribution in [0, 0.1) is 12.8 Å². The van der Waals surface area contributed by atoms with Crippen LogP contribution < -0.4 is 15.4 Å². The van der Waals surface area contributed by atoms with Crippen molar-refractivity contribution >= 4 is 5.96 Å². The van der Waals surface area contributed by atoms with Gasteiger partial charge in [0.15, 0.2) is 5.96 Å². The minimum Gasteiger partial charge on any atom is -0.496 e. The van der Waals surface area contributed by atoms with Crippen LogP contribution in [0.25, 0.3) is 0 Å². The summed E-state index contributed by atoms with van der Waals surface area (Å²) in [6.07, 6.45) is 3.46. The fourth-order valence-corrected chi connectivity index (χ4v) is 3.15. The number of benzene rings is 1. The summed E-state index contributed by atoms with van der Waals surface area (Å²) >= 11 is 0. The summed E-state index contributed by atoms with van der Waals surface area (Å²) in [6, 6.07) is 6.41. The summed E-state index contributed by atoms with van der Waals surface area (Å²) in [5.74, 6) is 2.61. The SMILES string of the molecule is CCNC(=NCC1CCN(C)CC1)NCCc1ccc(C)c(OC)c1. The lowest BCUT2D eigenvalue weighted by Crippen LogP contribution is -2.39. The summed E-state index contributed by atoms with van der Waals surface area (Å²) in [5, 5.41) is 6.81. The number of aliphatic imine (C=N–C) groups is 1. The van der Waals surface area contributed by atoms with Crippen molar-refractivity contribution in [1.29, 1.82) is 0 Å². The van der Waals surface area contributed by atoms with E-state index in [4.69, 9.17) is 9.73 Å². The average molecular weight is 347 g/mol. The van der Waals surface area contributed by atoms with Gasteiger partial charge in [0, 0.05) is 19.6 Å². The fourth-order valence-electron chi connectivity index (χ4n) is 3.15. The van der Waals surface area contributed by atoms with Gasteiger partial charge in [-0.25, -0.2) is 0 Å². The first-order chi connectivity index (χ1) is 12.1. The molecule has 1 saturated heterocycles. The van der Waals surface area contributed by atoms with Gasteiger partial charge >= 0.3 is 0 Å². The molecule has 0 unspecified atom stereocenters. The van der Waals surface area contributed by atoms with E-state index in [0.29, 0.717) is 5.92 Å². The number of nitrogens with zero attached hydrogens (tertiary/aromatic N) is 2. The zero-order chi connectivity index (χ0) is 18.1. The van der Waals surface area contributed by atoms with E-state index in [0.717, 1.165) is 37.8 Å². The largest absolute Gasteiger partial charge is 0.496 e. The molecule has 1 fully saturated rings. The maximum absolute atomic E-state index is 5.40. The standard InChI is InChI=1S/C20H34N4O/c1-5-21-20(23-15-18-9-12-24(3)13-10-18)22-11-8-17-7-6-16(2)19(14-17)25-4/h6-7,14,18H,5,8-13,15H2,1-4H3,(H2,21,22,23). The third-order valence-electron chi connectivity index (χ3n) is 4.87. The maximum Gasteiger partial charge on any atom is 0.191 e. The molecule has 0 aromatic heterocycles. The van der Waals surface area contributed by atoms with Crippen molar-refractivity contribution in [2.75, 3.05) is 46.9 Å². The van der Waals surface area contributed by atoms with Crippen LogP contribution >= 0.6 is 0 Å². The van der Waals surface area contributed by atoms with Crippen molar-refractivity contribution in [3.05, 3.63) is 29.3 Å².